The van der Waals surface area contributed by atoms with E-state index in [1.807, 2.05) is 26.8 Å². The standard InChI is InChI=1S/C16H19F2NS/c1-4-8-19-16(12-9-10(2)20-11(12)3)15-13(17)6-5-7-14(15)18/h5-7,9,16,19H,4,8H2,1-3H3. The van der Waals surface area contributed by atoms with Crippen LogP contribution in [0.1, 0.15) is 40.3 Å². The second-order valence-corrected chi connectivity index (χ2v) is 6.35. The van der Waals surface area contributed by atoms with Crippen molar-refractivity contribution in [2.24, 2.45) is 0 Å². The minimum atomic E-state index is -0.498. The minimum Gasteiger partial charge on any atom is -0.306 e. The number of hydrogen-bond donors (Lipinski definition) is 1. The first kappa shape index (κ1) is 15.1. The smallest absolute Gasteiger partial charge is 0.131 e. The Hall–Kier alpha value is -1.26. The van der Waals surface area contributed by atoms with E-state index in [9.17, 15) is 8.78 Å². The Morgan fingerprint density at radius 2 is 1.85 bits per heavy atom. The van der Waals surface area contributed by atoms with Gasteiger partial charge in [0.05, 0.1) is 6.04 Å². The van der Waals surface area contributed by atoms with Crippen molar-refractivity contribution in [1.82, 2.24) is 5.32 Å². The third-order valence-corrected chi connectivity index (χ3v) is 4.26. The van der Waals surface area contributed by atoms with Crippen molar-refractivity contribution in [3.05, 3.63) is 56.8 Å². The number of thiophene rings is 1. The highest BCUT2D eigenvalue weighted by atomic mass is 32.1. The van der Waals surface area contributed by atoms with Gasteiger partial charge in [-0.25, -0.2) is 8.78 Å². The Balaban J connectivity index is 2.50. The van der Waals surface area contributed by atoms with Crippen LogP contribution < -0.4 is 5.32 Å². The van der Waals surface area contributed by atoms with Crippen molar-refractivity contribution in [1.29, 1.82) is 0 Å². The minimum absolute atomic E-state index is 0.113. The van der Waals surface area contributed by atoms with E-state index in [1.165, 1.54) is 18.2 Å². The molecule has 0 spiro atoms. The number of rotatable bonds is 5. The van der Waals surface area contributed by atoms with Gasteiger partial charge in [-0.1, -0.05) is 13.0 Å². The van der Waals surface area contributed by atoms with Gasteiger partial charge in [0.25, 0.3) is 0 Å². The van der Waals surface area contributed by atoms with Crippen molar-refractivity contribution in [3.63, 3.8) is 0 Å². The number of nitrogens with one attached hydrogen (secondary N) is 1. The van der Waals surface area contributed by atoms with Crippen LogP contribution in [-0.4, -0.2) is 6.54 Å². The zero-order valence-electron chi connectivity index (χ0n) is 12.0. The molecule has 4 heteroatoms. The lowest BCUT2D eigenvalue weighted by Gasteiger charge is -2.20. The molecule has 0 fully saturated rings. The summed E-state index contributed by atoms with van der Waals surface area (Å²) in [6.45, 7) is 6.75. The molecule has 0 radical (unpaired) electrons. The molecule has 1 N–H and O–H groups in total. The average molecular weight is 295 g/mol. The van der Waals surface area contributed by atoms with Gasteiger partial charge in [-0.15, -0.1) is 11.3 Å². The highest BCUT2D eigenvalue weighted by Crippen LogP contribution is 2.33. The number of benzene rings is 1. The van der Waals surface area contributed by atoms with Gasteiger partial charge in [0, 0.05) is 15.3 Å². The molecule has 2 rings (SSSR count). The Labute approximate surface area is 122 Å². The maximum atomic E-state index is 14.1. The molecule has 0 aliphatic carbocycles. The van der Waals surface area contributed by atoms with Gasteiger partial charge in [-0.2, -0.15) is 0 Å². The normalized spacial score (nSPS) is 12.7. The van der Waals surface area contributed by atoms with E-state index in [0.29, 0.717) is 6.54 Å². The van der Waals surface area contributed by atoms with Crippen molar-refractivity contribution < 1.29 is 8.78 Å². The van der Waals surface area contributed by atoms with Crippen LogP contribution in [0.15, 0.2) is 24.3 Å². The van der Waals surface area contributed by atoms with E-state index >= 15 is 0 Å². The summed E-state index contributed by atoms with van der Waals surface area (Å²) < 4.78 is 28.2. The van der Waals surface area contributed by atoms with Crippen LogP contribution in [0.5, 0.6) is 0 Å². The Bertz CT molecular complexity index is 572. The molecule has 0 saturated heterocycles. The number of halogens is 2. The van der Waals surface area contributed by atoms with E-state index in [4.69, 9.17) is 0 Å². The molecule has 0 amide bonds. The third kappa shape index (κ3) is 3.07. The highest BCUT2D eigenvalue weighted by Gasteiger charge is 2.23. The lowest BCUT2D eigenvalue weighted by molar-refractivity contribution is 0.503. The van der Waals surface area contributed by atoms with Gasteiger partial charge in [0.1, 0.15) is 11.6 Å². The third-order valence-electron chi connectivity index (χ3n) is 3.28. The second-order valence-electron chi connectivity index (χ2n) is 4.89. The zero-order valence-corrected chi connectivity index (χ0v) is 12.8. The molecule has 1 heterocycles. The molecule has 0 aliphatic rings. The lowest BCUT2D eigenvalue weighted by Crippen LogP contribution is -2.25. The van der Waals surface area contributed by atoms with Crippen LogP contribution in [-0.2, 0) is 0 Å². The summed E-state index contributed by atoms with van der Waals surface area (Å²) >= 11 is 1.65. The van der Waals surface area contributed by atoms with E-state index in [1.54, 1.807) is 11.3 Å². The molecule has 1 aromatic carbocycles. The summed E-state index contributed by atoms with van der Waals surface area (Å²) in [5.74, 6) is -0.997. The number of aryl methyl sites for hydroxylation is 2. The first-order valence-electron chi connectivity index (χ1n) is 6.78. The Morgan fingerprint density at radius 1 is 1.20 bits per heavy atom. The van der Waals surface area contributed by atoms with Crippen molar-refractivity contribution in [3.8, 4) is 0 Å². The summed E-state index contributed by atoms with van der Waals surface area (Å²) in [7, 11) is 0. The molecule has 1 nitrogen and oxygen atoms in total. The van der Waals surface area contributed by atoms with E-state index in [-0.39, 0.29) is 5.56 Å². The molecular weight excluding hydrogens is 276 g/mol. The second kappa shape index (κ2) is 6.46. The van der Waals surface area contributed by atoms with E-state index in [2.05, 4.69) is 5.32 Å². The largest absolute Gasteiger partial charge is 0.306 e. The predicted octanol–water partition coefficient (Wildman–Crippen LogP) is 4.73. The van der Waals surface area contributed by atoms with Gasteiger partial charge in [-0.3, -0.25) is 0 Å². The van der Waals surface area contributed by atoms with Crippen molar-refractivity contribution in [2.45, 2.75) is 33.2 Å². The van der Waals surface area contributed by atoms with Crippen LogP contribution in [0.3, 0.4) is 0 Å². The van der Waals surface area contributed by atoms with Crippen molar-refractivity contribution >= 4 is 11.3 Å². The van der Waals surface area contributed by atoms with Crippen molar-refractivity contribution in [2.75, 3.05) is 6.54 Å². The molecule has 1 aromatic heterocycles. The fraction of sp³-hybridized carbons (Fsp3) is 0.375. The summed E-state index contributed by atoms with van der Waals surface area (Å²) in [4.78, 5) is 2.25. The van der Waals surface area contributed by atoms with Crippen LogP contribution in [0.4, 0.5) is 8.78 Å². The summed E-state index contributed by atoms with van der Waals surface area (Å²) in [5.41, 5.74) is 1.08. The van der Waals surface area contributed by atoms with E-state index < -0.39 is 17.7 Å². The Morgan fingerprint density at radius 3 is 2.35 bits per heavy atom. The predicted molar refractivity (Wildman–Crippen MR) is 80.3 cm³/mol. The average Bonchev–Trinajstić information content (AvgIpc) is 2.72. The van der Waals surface area contributed by atoms with E-state index in [0.717, 1.165) is 21.7 Å². The lowest BCUT2D eigenvalue weighted by atomic mass is 9.97. The number of hydrogen-bond acceptors (Lipinski definition) is 2. The quantitative estimate of drug-likeness (QED) is 0.840. The fourth-order valence-electron chi connectivity index (χ4n) is 2.38. The molecule has 0 bridgehead atoms. The van der Waals surface area contributed by atoms with Gasteiger partial charge in [0.2, 0.25) is 0 Å². The van der Waals surface area contributed by atoms with Gasteiger partial charge < -0.3 is 5.32 Å². The van der Waals surface area contributed by atoms with Gasteiger partial charge >= 0.3 is 0 Å². The molecule has 1 atom stereocenters. The van der Waals surface area contributed by atoms with Crippen LogP contribution in [0.2, 0.25) is 0 Å². The monoisotopic (exact) mass is 295 g/mol. The Kier molecular flexibility index (Phi) is 4.89. The molecule has 108 valence electrons. The maximum Gasteiger partial charge on any atom is 0.131 e. The summed E-state index contributed by atoms with van der Waals surface area (Å²) in [6, 6.07) is 5.61. The summed E-state index contributed by atoms with van der Waals surface area (Å²) in [5, 5.41) is 3.26. The topological polar surface area (TPSA) is 12.0 Å². The molecule has 2 aromatic rings. The summed E-state index contributed by atoms with van der Waals surface area (Å²) in [6.07, 6.45) is 0.911. The van der Waals surface area contributed by atoms with Gasteiger partial charge in [0.15, 0.2) is 0 Å². The van der Waals surface area contributed by atoms with Crippen LogP contribution in [0, 0.1) is 25.5 Å². The molecule has 0 aliphatic heterocycles. The molecular formula is C16H19F2NS. The van der Waals surface area contributed by atoms with Crippen LogP contribution in [0.25, 0.3) is 0 Å². The SMILES string of the molecule is CCCNC(c1cc(C)sc1C)c1c(F)cccc1F. The zero-order chi connectivity index (χ0) is 14.7. The fourth-order valence-corrected chi connectivity index (χ4v) is 3.34. The first-order chi connectivity index (χ1) is 9.54. The molecule has 20 heavy (non-hydrogen) atoms. The maximum absolute atomic E-state index is 14.1. The highest BCUT2D eigenvalue weighted by molar-refractivity contribution is 7.12. The molecule has 0 saturated carbocycles. The van der Waals surface area contributed by atoms with Crippen LogP contribution >= 0.6 is 11.3 Å². The van der Waals surface area contributed by atoms with Gasteiger partial charge in [-0.05, 0) is 50.6 Å². The first-order valence-corrected chi connectivity index (χ1v) is 7.60. The molecule has 1 unspecified atom stereocenters.